The van der Waals surface area contributed by atoms with E-state index >= 15 is 0 Å². The molecule has 4 heteroatoms. The van der Waals surface area contributed by atoms with E-state index in [-0.39, 0.29) is 45.9 Å². The van der Waals surface area contributed by atoms with Crippen LogP contribution >= 0.6 is 0 Å². The van der Waals surface area contributed by atoms with Crippen molar-refractivity contribution in [3.63, 3.8) is 0 Å². The summed E-state index contributed by atoms with van der Waals surface area (Å²) >= 11 is 0. The summed E-state index contributed by atoms with van der Waals surface area (Å²) in [5.74, 6) is 0.642. The van der Waals surface area contributed by atoms with Gasteiger partial charge in [-0.15, -0.1) is 0 Å². The fraction of sp³-hybridized carbons (Fsp3) is 0.316. The zero-order valence-electron chi connectivity index (χ0n) is 14.4. The summed E-state index contributed by atoms with van der Waals surface area (Å²) in [5.41, 5.74) is 3.31. The van der Waals surface area contributed by atoms with Crippen LogP contribution in [-0.2, 0) is 49.0 Å². The molecule has 0 aromatic heterocycles. The average molecular weight is 406 g/mol. The van der Waals surface area contributed by atoms with Gasteiger partial charge in [-0.05, 0) is 35.1 Å². The van der Waals surface area contributed by atoms with Crippen molar-refractivity contribution in [1.29, 1.82) is 0 Å². The van der Waals surface area contributed by atoms with Crippen LogP contribution in [0.5, 0.6) is 0 Å². The van der Waals surface area contributed by atoms with Gasteiger partial charge in [-0.25, -0.2) is 8.42 Å². The zero-order chi connectivity index (χ0) is 15.5. The van der Waals surface area contributed by atoms with Gasteiger partial charge in [0.2, 0.25) is 0 Å². The Balaban J connectivity index is 0.00000242. The van der Waals surface area contributed by atoms with E-state index in [0.29, 0.717) is 17.2 Å². The first-order chi connectivity index (χ1) is 9.94. The molecule has 2 aromatic rings. The Morgan fingerprint density at radius 1 is 0.957 bits per heavy atom. The quantitative estimate of drug-likeness (QED) is 0.678. The second-order valence-corrected chi connectivity index (χ2v) is 7.83. The van der Waals surface area contributed by atoms with Crippen LogP contribution in [0.25, 0.3) is 0 Å². The molecule has 2 aromatic carbocycles. The molecule has 2 nitrogen and oxygen atoms in total. The predicted molar refractivity (Wildman–Crippen MR) is 93.9 cm³/mol. The molecule has 0 bridgehead atoms. The fourth-order valence-corrected chi connectivity index (χ4v) is 3.49. The standard InChI is InChI=1S/C18H22O2S.CH3.Y/c1-4-21(19,20)18-8-6-5-7-17(18)13-15-9-11-16(12-10-15)14(2)3;;/h5-12,14H,4,13H2,1-3H3;1H3;/q;-1;. The van der Waals surface area contributed by atoms with Crippen molar-refractivity contribution in [1.82, 2.24) is 0 Å². The Kier molecular flexibility index (Phi) is 9.49. The van der Waals surface area contributed by atoms with Gasteiger partial charge in [0.05, 0.1) is 10.6 Å². The monoisotopic (exact) mass is 406 g/mol. The largest absolute Gasteiger partial charge is 0.358 e. The van der Waals surface area contributed by atoms with Gasteiger partial charge < -0.3 is 7.43 Å². The first-order valence-corrected chi connectivity index (χ1v) is 8.98. The molecule has 1 radical (unpaired) electrons. The van der Waals surface area contributed by atoms with Gasteiger partial charge in [0.15, 0.2) is 9.84 Å². The van der Waals surface area contributed by atoms with Crippen LogP contribution in [0.3, 0.4) is 0 Å². The van der Waals surface area contributed by atoms with Gasteiger partial charge in [0, 0.05) is 32.7 Å². The molecule has 23 heavy (non-hydrogen) atoms. The summed E-state index contributed by atoms with van der Waals surface area (Å²) < 4.78 is 24.3. The van der Waals surface area contributed by atoms with Crippen LogP contribution in [0.4, 0.5) is 0 Å². The van der Waals surface area contributed by atoms with Crippen LogP contribution in [0.1, 0.15) is 43.4 Å². The van der Waals surface area contributed by atoms with Crippen molar-refractivity contribution >= 4 is 9.84 Å². The van der Waals surface area contributed by atoms with Crippen LogP contribution in [0.2, 0.25) is 0 Å². The normalized spacial score (nSPS) is 10.8. The Hall–Kier alpha value is -0.506. The van der Waals surface area contributed by atoms with Crippen molar-refractivity contribution in [2.24, 2.45) is 0 Å². The SMILES string of the molecule is CCS(=O)(=O)c1ccccc1Cc1ccc(C(C)C)cc1.[CH3-].[Y]. The Morgan fingerprint density at radius 3 is 2.04 bits per heavy atom. The molecule has 123 valence electrons. The number of sulfone groups is 1. The van der Waals surface area contributed by atoms with Crippen molar-refractivity contribution < 1.29 is 41.1 Å². The van der Waals surface area contributed by atoms with Crippen LogP contribution in [-0.4, -0.2) is 14.2 Å². The third-order valence-corrected chi connectivity index (χ3v) is 5.56. The molecule has 0 heterocycles. The van der Waals surface area contributed by atoms with Gasteiger partial charge in [-0.3, -0.25) is 0 Å². The number of hydrogen-bond donors (Lipinski definition) is 0. The van der Waals surface area contributed by atoms with Gasteiger partial charge in [0.25, 0.3) is 0 Å². The summed E-state index contributed by atoms with van der Waals surface area (Å²) in [4.78, 5) is 0.459. The van der Waals surface area contributed by atoms with Crippen LogP contribution in [0.15, 0.2) is 53.4 Å². The third-order valence-electron chi connectivity index (χ3n) is 3.73. The Bertz CT molecular complexity index is 704. The van der Waals surface area contributed by atoms with Gasteiger partial charge in [0.1, 0.15) is 0 Å². The van der Waals surface area contributed by atoms with E-state index in [1.54, 1.807) is 19.1 Å². The van der Waals surface area contributed by atoms with Crippen LogP contribution in [0, 0.1) is 7.43 Å². The van der Waals surface area contributed by atoms with Gasteiger partial charge >= 0.3 is 0 Å². The molecular weight excluding hydrogens is 381 g/mol. The average Bonchev–Trinajstić information content (AvgIpc) is 2.48. The molecule has 0 aliphatic heterocycles. The second kappa shape index (κ2) is 9.71. The molecule has 2 rings (SSSR count). The molecule has 0 spiro atoms. The molecule has 0 aliphatic rings. The summed E-state index contributed by atoms with van der Waals surface area (Å²) in [6.07, 6.45) is 0.647. The smallest absolute Gasteiger partial charge is 0.178 e. The maximum atomic E-state index is 12.2. The molecular formula is C19H25O2SY-. The first-order valence-electron chi connectivity index (χ1n) is 7.33. The minimum atomic E-state index is -3.17. The van der Waals surface area contributed by atoms with Crippen molar-refractivity contribution in [2.75, 3.05) is 5.75 Å². The van der Waals surface area contributed by atoms with E-state index in [0.717, 1.165) is 11.1 Å². The summed E-state index contributed by atoms with van der Waals surface area (Å²) in [7, 11) is -3.17. The summed E-state index contributed by atoms with van der Waals surface area (Å²) in [6.45, 7) is 6.01. The maximum absolute atomic E-state index is 12.2. The molecule has 0 unspecified atom stereocenters. The van der Waals surface area contributed by atoms with E-state index in [2.05, 4.69) is 38.1 Å². The minimum Gasteiger partial charge on any atom is -0.358 e. The maximum Gasteiger partial charge on any atom is 0.178 e. The molecule has 0 saturated carbocycles. The van der Waals surface area contributed by atoms with E-state index in [1.807, 2.05) is 12.1 Å². The van der Waals surface area contributed by atoms with Crippen molar-refractivity contribution in [3.8, 4) is 0 Å². The van der Waals surface area contributed by atoms with E-state index in [1.165, 1.54) is 5.56 Å². The molecule has 0 atom stereocenters. The van der Waals surface area contributed by atoms with Crippen LogP contribution < -0.4 is 0 Å². The molecule has 0 saturated heterocycles. The number of benzene rings is 2. The first kappa shape index (κ1) is 22.5. The predicted octanol–water partition coefficient (Wildman–Crippen LogP) is 4.64. The van der Waals surface area contributed by atoms with Gasteiger partial charge in [-0.2, -0.15) is 0 Å². The Morgan fingerprint density at radius 2 is 1.52 bits per heavy atom. The molecule has 0 aliphatic carbocycles. The molecule has 0 N–H and O–H groups in total. The number of rotatable bonds is 5. The third kappa shape index (κ3) is 5.81. The summed E-state index contributed by atoms with van der Waals surface area (Å²) in [6, 6.07) is 15.7. The van der Waals surface area contributed by atoms with Crippen molar-refractivity contribution in [2.45, 2.75) is 38.0 Å². The van der Waals surface area contributed by atoms with Gasteiger partial charge in [-0.1, -0.05) is 63.2 Å². The fourth-order valence-electron chi connectivity index (χ4n) is 2.35. The second-order valence-electron chi connectivity index (χ2n) is 5.58. The Labute approximate surface area is 166 Å². The van der Waals surface area contributed by atoms with Crippen molar-refractivity contribution in [3.05, 3.63) is 72.6 Å². The topological polar surface area (TPSA) is 34.1 Å². The molecule has 0 fully saturated rings. The van der Waals surface area contributed by atoms with E-state index in [9.17, 15) is 8.42 Å². The zero-order valence-corrected chi connectivity index (χ0v) is 18.1. The van der Waals surface area contributed by atoms with E-state index < -0.39 is 9.84 Å². The van der Waals surface area contributed by atoms with E-state index in [4.69, 9.17) is 0 Å². The molecule has 0 amide bonds. The minimum absolute atomic E-state index is 0. The summed E-state index contributed by atoms with van der Waals surface area (Å²) in [5, 5.41) is 0. The number of hydrogen-bond acceptors (Lipinski definition) is 2.